The van der Waals surface area contributed by atoms with Gasteiger partial charge in [0.1, 0.15) is 18.0 Å². The molecule has 2 rings (SSSR count). The topological polar surface area (TPSA) is 116 Å². The number of benzene rings is 2. The van der Waals surface area contributed by atoms with Crippen LogP contribution < -0.4 is 28.7 Å². The molecule has 0 radical (unpaired) electrons. The third-order valence-electron chi connectivity index (χ3n) is 4.17. The number of methoxy groups -OCH3 is 4. The summed E-state index contributed by atoms with van der Waals surface area (Å²) in [6.45, 7) is -0.485. The molecule has 1 N–H and O–H groups in total. The second-order valence-corrected chi connectivity index (χ2v) is 8.12. The number of nitrogens with zero attached hydrogens (tertiary/aromatic N) is 2. The Kier molecular flexibility index (Phi) is 8.08. The van der Waals surface area contributed by atoms with Crippen LogP contribution in [0.15, 0.2) is 41.5 Å². The maximum atomic E-state index is 12.4. The van der Waals surface area contributed by atoms with Crippen LogP contribution in [0.2, 0.25) is 0 Å². The van der Waals surface area contributed by atoms with Gasteiger partial charge in [-0.05, 0) is 30.3 Å². The highest BCUT2D eigenvalue weighted by molar-refractivity contribution is 7.92. The van der Waals surface area contributed by atoms with E-state index >= 15 is 0 Å². The first-order valence-electron chi connectivity index (χ1n) is 8.97. The van der Waals surface area contributed by atoms with Gasteiger partial charge in [-0.1, -0.05) is 0 Å². The lowest BCUT2D eigenvalue weighted by Crippen LogP contribution is -2.39. The highest BCUT2D eigenvalue weighted by atomic mass is 32.2. The Morgan fingerprint density at radius 2 is 1.61 bits per heavy atom. The predicted octanol–water partition coefficient (Wildman–Crippen LogP) is 1.64. The van der Waals surface area contributed by atoms with Crippen molar-refractivity contribution in [3.63, 3.8) is 0 Å². The lowest BCUT2D eigenvalue weighted by molar-refractivity contribution is -0.119. The van der Waals surface area contributed by atoms with E-state index in [1.54, 1.807) is 24.3 Å². The molecule has 0 aliphatic heterocycles. The molecule has 0 saturated carbocycles. The Morgan fingerprint density at radius 3 is 2.19 bits per heavy atom. The SMILES string of the molecule is COc1ccc(OC)c(/C=N\NC(=O)CN(c2ccc(OC)c(OC)c2)S(C)(=O)=O)c1. The maximum absolute atomic E-state index is 12.4. The standard InChI is InChI=1S/C20H25N3O7S/c1-27-16-7-9-17(28-2)14(10-16)12-21-22-20(24)13-23(31(5,25)26)15-6-8-18(29-3)19(11-15)30-4/h6-12H,13H2,1-5H3,(H,22,24)/b21-12-. The molecule has 0 aromatic heterocycles. The molecule has 0 saturated heterocycles. The first-order chi connectivity index (χ1) is 14.7. The number of hydrazone groups is 1. The van der Waals surface area contributed by atoms with E-state index in [0.717, 1.165) is 10.6 Å². The van der Waals surface area contributed by atoms with Crippen molar-refractivity contribution in [2.75, 3.05) is 45.5 Å². The molecular weight excluding hydrogens is 426 g/mol. The number of carbonyl (C=O) groups excluding carboxylic acids is 1. The summed E-state index contributed by atoms with van der Waals surface area (Å²) in [5.41, 5.74) is 3.13. The molecule has 0 spiro atoms. The Hall–Kier alpha value is -3.47. The molecular formula is C20H25N3O7S. The normalized spacial score (nSPS) is 11.1. The molecule has 0 bridgehead atoms. The van der Waals surface area contributed by atoms with Gasteiger partial charge in [0.2, 0.25) is 10.0 Å². The van der Waals surface area contributed by atoms with E-state index in [0.29, 0.717) is 28.6 Å². The number of hydrogen-bond acceptors (Lipinski definition) is 8. The van der Waals surface area contributed by atoms with E-state index < -0.39 is 22.5 Å². The fourth-order valence-electron chi connectivity index (χ4n) is 2.66. The predicted molar refractivity (Wildman–Crippen MR) is 117 cm³/mol. The van der Waals surface area contributed by atoms with E-state index in [2.05, 4.69) is 10.5 Å². The van der Waals surface area contributed by atoms with Crippen molar-refractivity contribution >= 4 is 27.8 Å². The molecule has 31 heavy (non-hydrogen) atoms. The van der Waals surface area contributed by atoms with Crippen LogP contribution in [0.25, 0.3) is 0 Å². The molecule has 1 amide bonds. The third-order valence-corrected chi connectivity index (χ3v) is 5.31. The maximum Gasteiger partial charge on any atom is 0.260 e. The zero-order valence-electron chi connectivity index (χ0n) is 17.9. The van der Waals surface area contributed by atoms with E-state index in [-0.39, 0.29) is 5.69 Å². The van der Waals surface area contributed by atoms with Gasteiger partial charge in [0, 0.05) is 11.6 Å². The van der Waals surface area contributed by atoms with Crippen LogP contribution in [0, 0.1) is 0 Å². The van der Waals surface area contributed by atoms with E-state index in [1.807, 2.05) is 0 Å². The highest BCUT2D eigenvalue weighted by Gasteiger charge is 2.22. The number of carbonyl (C=O) groups is 1. The van der Waals surface area contributed by atoms with E-state index in [9.17, 15) is 13.2 Å². The molecule has 0 heterocycles. The van der Waals surface area contributed by atoms with Crippen molar-refractivity contribution in [1.82, 2.24) is 5.43 Å². The Labute approximate surface area is 181 Å². The monoisotopic (exact) mass is 451 g/mol. The first-order valence-corrected chi connectivity index (χ1v) is 10.8. The van der Waals surface area contributed by atoms with Gasteiger partial charge in [0.25, 0.3) is 5.91 Å². The summed E-state index contributed by atoms with van der Waals surface area (Å²) in [5, 5.41) is 3.89. The van der Waals surface area contributed by atoms with Crippen molar-refractivity contribution in [2.45, 2.75) is 0 Å². The summed E-state index contributed by atoms with van der Waals surface area (Å²) in [7, 11) is 2.16. The van der Waals surface area contributed by atoms with Crippen molar-refractivity contribution < 1.29 is 32.2 Å². The summed E-state index contributed by atoms with van der Waals surface area (Å²) < 4.78 is 46.3. The van der Waals surface area contributed by atoms with Crippen LogP contribution in [0.1, 0.15) is 5.56 Å². The second-order valence-electron chi connectivity index (χ2n) is 6.21. The molecule has 0 aliphatic carbocycles. The Bertz CT molecular complexity index is 1050. The van der Waals surface area contributed by atoms with Gasteiger partial charge in [0.05, 0.1) is 46.6 Å². The number of amides is 1. The Morgan fingerprint density at radius 1 is 0.968 bits per heavy atom. The molecule has 2 aromatic carbocycles. The average Bonchev–Trinajstić information content (AvgIpc) is 2.76. The number of nitrogens with one attached hydrogen (secondary N) is 1. The summed E-state index contributed by atoms with van der Waals surface area (Å²) in [6.07, 6.45) is 2.38. The summed E-state index contributed by atoms with van der Waals surface area (Å²) in [5.74, 6) is 1.24. The second kappa shape index (κ2) is 10.5. The molecule has 0 aliphatic rings. The summed E-state index contributed by atoms with van der Waals surface area (Å²) in [6, 6.07) is 9.64. The molecule has 0 unspecified atom stereocenters. The first kappa shape index (κ1) is 23.8. The van der Waals surface area contributed by atoms with Gasteiger partial charge in [-0.3, -0.25) is 9.10 Å². The molecule has 10 nitrogen and oxygen atoms in total. The Balaban J connectivity index is 2.19. The number of rotatable bonds is 10. The van der Waals surface area contributed by atoms with E-state index in [4.69, 9.17) is 18.9 Å². The van der Waals surface area contributed by atoms with Gasteiger partial charge in [-0.2, -0.15) is 5.10 Å². The molecule has 2 aromatic rings. The van der Waals surface area contributed by atoms with Crippen LogP contribution in [0.3, 0.4) is 0 Å². The minimum Gasteiger partial charge on any atom is -0.497 e. The zero-order chi connectivity index (χ0) is 23.0. The number of ether oxygens (including phenoxy) is 4. The van der Waals surface area contributed by atoms with E-state index in [1.165, 1.54) is 46.8 Å². The highest BCUT2D eigenvalue weighted by Crippen LogP contribution is 2.32. The summed E-state index contributed by atoms with van der Waals surface area (Å²) >= 11 is 0. The van der Waals surface area contributed by atoms with Crippen molar-refractivity contribution in [3.8, 4) is 23.0 Å². The largest absolute Gasteiger partial charge is 0.497 e. The van der Waals surface area contributed by atoms with Gasteiger partial charge < -0.3 is 18.9 Å². The zero-order valence-corrected chi connectivity index (χ0v) is 18.7. The van der Waals surface area contributed by atoms with Crippen molar-refractivity contribution in [1.29, 1.82) is 0 Å². The van der Waals surface area contributed by atoms with Crippen LogP contribution >= 0.6 is 0 Å². The molecule has 0 atom stereocenters. The number of anilines is 1. The minimum atomic E-state index is -3.77. The van der Waals surface area contributed by atoms with Crippen LogP contribution in [0.5, 0.6) is 23.0 Å². The van der Waals surface area contributed by atoms with Gasteiger partial charge in [-0.25, -0.2) is 13.8 Å². The lowest BCUT2D eigenvalue weighted by Gasteiger charge is -2.22. The van der Waals surface area contributed by atoms with Crippen LogP contribution in [0.4, 0.5) is 5.69 Å². The third kappa shape index (κ3) is 6.25. The van der Waals surface area contributed by atoms with Crippen molar-refractivity contribution in [2.24, 2.45) is 5.10 Å². The van der Waals surface area contributed by atoms with Crippen molar-refractivity contribution in [3.05, 3.63) is 42.0 Å². The molecule has 11 heteroatoms. The number of sulfonamides is 1. The fourth-order valence-corrected chi connectivity index (χ4v) is 3.51. The smallest absolute Gasteiger partial charge is 0.260 e. The average molecular weight is 452 g/mol. The number of hydrogen-bond donors (Lipinski definition) is 1. The van der Waals surface area contributed by atoms with Crippen LogP contribution in [-0.2, 0) is 14.8 Å². The quantitative estimate of drug-likeness (QED) is 0.431. The van der Waals surface area contributed by atoms with Gasteiger partial charge in [0.15, 0.2) is 11.5 Å². The summed E-state index contributed by atoms with van der Waals surface area (Å²) in [4.78, 5) is 12.4. The van der Waals surface area contributed by atoms with Gasteiger partial charge >= 0.3 is 0 Å². The molecule has 0 fully saturated rings. The van der Waals surface area contributed by atoms with Crippen LogP contribution in [-0.4, -0.2) is 61.8 Å². The fraction of sp³-hybridized carbons (Fsp3) is 0.300. The van der Waals surface area contributed by atoms with Gasteiger partial charge in [-0.15, -0.1) is 0 Å². The lowest BCUT2D eigenvalue weighted by atomic mass is 10.2. The molecule has 168 valence electrons. The minimum absolute atomic E-state index is 0.244.